The van der Waals surface area contributed by atoms with Crippen molar-refractivity contribution in [3.63, 3.8) is 0 Å². The van der Waals surface area contributed by atoms with E-state index in [2.05, 4.69) is 51.7 Å². The van der Waals surface area contributed by atoms with Gasteiger partial charge in [0.05, 0.1) is 63.2 Å². The van der Waals surface area contributed by atoms with E-state index in [1.54, 1.807) is 35.9 Å². The number of hydrazine groups is 1. The topological polar surface area (TPSA) is 222 Å². The van der Waals surface area contributed by atoms with Crippen molar-refractivity contribution in [2.75, 3.05) is 51.4 Å². The van der Waals surface area contributed by atoms with Crippen LogP contribution in [0.4, 0.5) is 5.69 Å². The predicted molar refractivity (Wildman–Crippen MR) is 236 cm³/mol. The van der Waals surface area contributed by atoms with Crippen LogP contribution < -0.4 is 33.1 Å². The van der Waals surface area contributed by atoms with Gasteiger partial charge in [-0.15, -0.1) is 21.5 Å². The number of nitrogens with two attached hydrogens (primary N) is 2. The number of nitrogens with zero attached hydrogens (tertiary/aromatic N) is 7. The summed E-state index contributed by atoms with van der Waals surface area (Å²) >= 11 is 7.88. The van der Waals surface area contributed by atoms with Gasteiger partial charge in [0.1, 0.15) is 22.9 Å². The monoisotopic (exact) mass is 868 g/mol. The Morgan fingerprint density at radius 3 is 2.62 bits per heavy atom. The summed E-state index contributed by atoms with van der Waals surface area (Å²) in [5.74, 6) is 7.00. The van der Waals surface area contributed by atoms with Gasteiger partial charge in [0.2, 0.25) is 11.8 Å². The van der Waals surface area contributed by atoms with Crippen LogP contribution in [0.15, 0.2) is 82.6 Å². The molecule has 1 unspecified atom stereocenters. The van der Waals surface area contributed by atoms with Crippen LogP contribution >= 0.6 is 22.9 Å². The highest BCUT2D eigenvalue weighted by atomic mass is 35.5. The van der Waals surface area contributed by atoms with E-state index in [4.69, 9.17) is 37.6 Å². The summed E-state index contributed by atoms with van der Waals surface area (Å²) in [6.07, 6.45) is 4.29. The molecule has 1 saturated heterocycles. The maximum atomic E-state index is 13.3. The molecule has 0 bridgehead atoms. The average molecular weight is 869 g/mol. The number of ether oxygens (including phenoxy) is 2. The van der Waals surface area contributed by atoms with Crippen molar-refractivity contribution in [3.05, 3.63) is 121 Å². The Hall–Kier alpha value is -5.92. The largest absolute Gasteiger partial charge is 0.399 e. The first-order valence-electron chi connectivity index (χ1n) is 19.9. The third kappa shape index (κ3) is 9.84. The normalized spacial score (nSPS) is 16.4. The van der Waals surface area contributed by atoms with E-state index < -0.39 is 12.1 Å². The zero-order valence-corrected chi connectivity index (χ0v) is 35.8. The lowest BCUT2D eigenvalue weighted by atomic mass is 9.99. The van der Waals surface area contributed by atoms with Gasteiger partial charge in [-0.3, -0.25) is 23.9 Å². The number of allylic oxidation sites excluding steroid dienone is 1. The molecule has 17 nitrogen and oxygen atoms in total. The number of aryl methyl sites for hydroxylation is 2. The van der Waals surface area contributed by atoms with Crippen molar-refractivity contribution in [2.45, 2.75) is 52.1 Å². The highest BCUT2D eigenvalue weighted by Crippen LogP contribution is 2.39. The molecule has 5 aromatic rings. The van der Waals surface area contributed by atoms with E-state index in [1.165, 1.54) is 14.6 Å². The lowest BCUT2D eigenvalue weighted by Gasteiger charge is -2.24. The molecule has 7 rings (SSSR count). The number of carbonyl (C=O) groups is 2. The molecule has 7 N–H and O–H groups in total. The number of carbonyl (C=O) groups excluding carboxylic acids is 2. The minimum Gasteiger partial charge on any atom is -0.399 e. The first-order chi connectivity index (χ1) is 29.4. The Balaban J connectivity index is 0.825. The number of fused-ring (bicyclic) bond motifs is 4. The molecule has 3 aromatic heterocycles. The van der Waals surface area contributed by atoms with E-state index in [1.807, 2.05) is 41.8 Å². The molecule has 2 atom stereocenters. The van der Waals surface area contributed by atoms with Gasteiger partial charge in [-0.25, -0.2) is 10.5 Å². The van der Waals surface area contributed by atoms with Crippen molar-refractivity contribution in [2.24, 2.45) is 16.6 Å². The highest BCUT2D eigenvalue weighted by molar-refractivity contribution is 7.15. The molecule has 320 valence electrons. The molecule has 2 amide bonds. The molecule has 5 heterocycles. The summed E-state index contributed by atoms with van der Waals surface area (Å²) < 4.78 is 14.6. The number of piperidine rings is 1. The molecule has 19 heteroatoms. The number of aliphatic imine (C=N–C) groups is 1. The summed E-state index contributed by atoms with van der Waals surface area (Å²) in [5.41, 5.74) is 11.5. The van der Waals surface area contributed by atoms with Crippen molar-refractivity contribution in [3.8, 4) is 5.00 Å². The Morgan fingerprint density at radius 2 is 1.85 bits per heavy atom. The number of hydrogen-bond donors (Lipinski definition) is 5. The highest BCUT2D eigenvalue weighted by Gasteiger charge is 2.33. The predicted octanol–water partition coefficient (Wildman–Crippen LogP) is 4.10. The summed E-state index contributed by atoms with van der Waals surface area (Å²) in [4.78, 5) is 45.3. The van der Waals surface area contributed by atoms with Gasteiger partial charge < -0.3 is 36.2 Å². The smallest absolute Gasteiger partial charge is 0.275 e. The van der Waals surface area contributed by atoms with Gasteiger partial charge in [-0.2, -0.15) is 5.10 Å². The van der Waals surface area contributed by atoms with Crippen molar-refractivity contribution in [1.29, 1.82) is 0 Å². The Morgan fingerprint density at radius 1 is 1.08 bits per heavy atom. The van der Waals surface area contributed by atoms with Gasteiger partial charge >= 0.3 is 0 Å². The van der Waals surface area contributed by atoms with Gasteiger partial charge in [0.15, 0.2) is 5.82 Å². The van der Waals surface area contributed by atoms with Crippen molar-refractivity contribution < 1.29 is 19.1 Å². The first kappa shape index (κ1) is 43.2. The van der Waals surface area contributed by atoms with Crippen LogP contribution in [-0.2, 0) is 19.1 Å². The Bertz CT molecular complexity index is 2570. The molecule has 2 aliphatic rings. The number of amides is 2. The molecule has 0 aliphatic carbocycles. The number of benzene rings is 2. The fourth-order valence-corrected chi connectivity index (χ4v) is 8.55. The van der Waals surface area contributed by atoms with E-state index in [0.717, 1.165) is 33.2 Å². The minimum atomic E-state index is -0.694. The summed E-state index contributed by atoms with van der Waals surface area (Å²) in [7, 11) is 0. The second-order valence-corrected chi connectivity index (χ2v) is 16.4. The van der Waals surface area contributed by atoms with Crippen LogP contribution in [0.1, 0.15) is 64.6 Å². The zero-order chi connectivity index (χ0) is 43.2. The zero-order valence-electron chi connectivity index (χ0n) is 34.2. The lowest BCUT2D eigenvalue weighted by molar-refractivity contribution is -0.125. The van der Waals surface area contributed by atoms with E-state index in [-0.39, 0.29) is 30.3 Å². The number of nitrogens with one attached hydrogen (secondary N) is 3. The van der Waals surface area contributed by atoms with Gasteiger partial charge in [-0.1, -0.05) is 36.4 Å². The molecule has 2 aromatic carbocycles. The summed E-state index contributed by atoms with van der Waals surface area (Å²) in [5, 5.41) is 26.1. The van der Waals surface area contributed by atoms with Gasteiger partial charge in [0, 0.05) is 56.2 Å². The van der Waals surface area contributed by atoms with Crippen LogP contribution in [0.2, 0.25) is 5.02 Å². The molecular formula is C42H49ClN12O5S. The third-order valence-corrected chi connectivity index (χ3v) is 11.9. The minimum absolute atomic E-state index is 0.0823. The van der Waals surface area contributed by atoms with Crippen LogP contribution in [0.25, 0.3) is 15.8 Å². The van der Waals surface area contributed by atoms with Crippen LogP contribution in [-0.4, -0.2) is 93.1 Å². The summed E-state index contributed by atoms with van der Waals surface area (Å²) in [6.45, 7) is 12.1. The second-order valence-electron chi connectivity index (χ2n) is 14.8. The SMILES string of the molecule is C=C1CCC(n2ncc3c(NC/C(N)=C/N(N)CCOCCOCCNC(=O)C[C@@H]4N=C(c5ccc(Cl)cc5)c5c(sc(C)c5C)-n5c(C)nnc54)cccc3c2=O)C(=O)N1. The maximum Gasteiger partial charge on any atom is 0.275 e. The number of halogens is 1. The molecular weight excluding hydrogens is 820 g/mol. The molecule has 61 heavy (non-hydrogen) atoms. The van der Waals surface area contributed by atoms with Crippen molar-refractivity contribution >= 4 is 56.9 Å². The first-order valence-corrected chi connectivity index (χ1v) is 21.1. The second kappa shape index (κ2) is 19.2. The van der Waals surface area contributed by atoms with E-state index in [0.29, 0.717) is 91.1 Å². The van der Waals surface area contributed by atoms with Crippen molar-refractivity contribution in [1.82, 2.24) is 40.2 Å². The van der Waals surface area contributed by atoms with E-state index in [9.17, 15) is 14.4 Å². The molecule has 0 saturated carbocycles. The third-order valence-electron chi connectivity index (χ3n) is 10.5. The lowest BCUT2D eigenvalue weighted by Crippen LogP contribution is -2.41. The number of anilines is 1. The number of thiophene rings is 1. The van der Waals surface area contributed by atoms with Gasteiger partial charge in [-0.05, 0) is 63.4 Å². The van der Waals surface area contributed by atoms with Crippen LogP contribution in [0, 0.1) is 20.8 Å². The fraction of sp³-hybridized carbons (Fsp3) is 0.357. The standard InChI is InChI=1S/C42H49ClN12O5S/c1-24-8-13-35(40(57)49-24)55-41(58)31-6-5-7-33(32(31)22-48-55)47-21-30(44)23-53(45)15-17-60-19-18-59-16-14-46-36(56)20-34-39-52-51-27(4)54(39)42-37(25(2)26(3)61-42)38(50-34)28-9-11-29(43)12-10-28/h5-7,9-12,22-23,34-35,47H,1,8,13-21,44-45H2,2-4H3,(H,46,56)(H,49,57)/b30-23-/t34-,35?/m0/s1. The number of aromatic nitrogens is 5. The number of rotatable bonds is 17. The van der Waals surface area contributed by atoms with Gasteiger partial charge in [0.25, 0.3) is 5.56 Å². The van der Waals surface area contributed by atoms with Crippen LogP contribution in [0.5, 0.6) is 0 Å². The van der Waals surface area contributed by atoms with Crippen LogP contribution in [0.3, 0.4) is 0 Å². The Labute approximate surface area is 361 Å². The fourth-order valence-electron chi connectivity index (χ4n) is 7.21. The van der Waals surface area contributed by atoms with E-state index >= 15 is 0 Å². The quantitative estimate of drug-likeness (QED) is 0.0507. The maximum absolute atomic E-state index is 13.3. The number of hydrogen-bond acceptors (Lipinski definition) is 14. The molecule has 0 radical (unpaired) electrons. The molecule has 2 aliphatic heterocycles. The summed E-state index contributed by atoms with van der Waals surface area (Å²) in [6, 6.07) is 11.6. The molecule has 0 spiro atoms. The Kier molecular flexibility index (Phi) is 13.6. The molecule has 1 fully saturated rings. The average Bonchev–Trinajstić information content (AvgIpc) is 3.71.